The van der Waals surface area contributed by atoms with E-state index in [1.807, 2.05) is 0 Å². The Morgan fingerprint density at radius 2 is 1.90 bits per heavy atom. The van der Waals surface area contributed by atoms with Crippen LogP contribution in [0.5, 0.6) is 0 Å². The average molecular weight is 291 g/mol. The fourth-order valence-electron chi connectivity index (χ4n) is 2.60. The summed E-state index contributed by atoms with van der Waals surface area (Å²) in [5, 5.41) is 3.13. The topological polar surface area (TPSA) is 29.1 Å². The Morgan fingerprint density at radius 1 is 1.25 bits per heavy atom. The van der Waals surface area contributed by atoms with E-state index in [9.17, 15) is 4.79 Å². The molecule has 1 aromatic carbocycles. The van der Waals surface area contributed by atoms with Gasteiger partial charge in [0.2, 0.25) is 5.91 Å². The van der Waals surface area contributed by atoms with Gasteiger partial charge in [-0.2, -0.15) is 0 Å². The van der Waals surface area contributed by atoms with Crippen molar-refractivity contribution in [3.8, 4) is 0 Å². The van der Waals surface area contributed by atoms with Crippen molar-refractivity contribution in [1.82, 2.24) is 5.32 Å². The number of hydrogen-bond acceptors (Lipinski definition) is 2. The molecule has 0 atom stereocenters. The molecule has 1 fully saturated rings. The number of carbonyl (C=O) groups is 1. The Balaban J connectivity index is 1.68. The van der Waals surface area contributed by atoms with E-state index < -0.39 is 0 Å². The number of rotatable bonds is 6. The van der Waals surface area contributed by atoms with Crippen LogP contribution in [-0.4, -0.2) is 17.7 Å². The van der Waals surface area contributed by atoms with Gasteiger partial charge < -0.3 is 5.32 Å². The maximum Gasteiger partial charge on any atom is 0.230 e. The monoisotopic (exact) mass is 291 g/mol. The first-order chi connectivity index (χ1) is 9.65. The third-order valence-electron chi connectivity index (χ3n) is 3.87. The summed E-state index contributed by atoms with van der Waals surface area (Å²) < 4.78 is 0. The predicted octanol–water partition coefficient (Wildman–Crippen LogP) is 4.10. The molecule has 1 amide bonds. The lowest BCUT2D eigenvalue weighted by molar-refractivity contribution is -0.119. The standard InChI is InChI=1S/C17H25NOS/c1-13(2)15-9-7-14(8-10-15)11-20-12-17(19)18-16-5-3-4-6-16/h7-10,13,16H,3-6,11-12H2,1-2H3,(H,18,19). The molecule has 0 aliphatic heterocycles. The molecule has 20 heavy (non-hydrogen) atoms. The molecule has 3 heteroatoms. The summed E-state index contributed by atoms with van der Waals surface area (Å²) in [6.45, 7) is 4.41. The van der Waals surface area contributed by atoms with Crippen molar-refractivity contribution in [2.24, 2.45) is 0 Å². The number of benzene rings is 1. The number of nitrogens with one attached hydrogen (secondary N) is 1. The molecule has 0 spiro atoms. The third-order valence-corrected chi connectivity index (χ3v) is 4.87. The first-order valence-corrected chi connectivity index (χ1v) is 8.76. The summed E-state index contributed by atoms with van der Waals surface area (Å²) in [7, 11) is 0. The fourth-order valence-corrected chi connectivity index (χ4v) is 3.40. The Kier molecular flexibility index (Phi) is 5.96. The molecule has 0 radical (unpaired) electrons. The summed E-state index contributed by atoms with van der Waals surface area (Å²) in [5.74, 6) is 2.26. The van der Waals surface area contributed by atoms with Crippen LogP contribution in [0.2, 0.25) is 0 Å². The summed E-state index contributed by atoms with van der Waals surface area (Å²) >= 11 is 1.70. The van der Waals surface area contributed by atoms with Crippen LogP contribution in [0.15, 0.2) is 24.3 Å². The summed E-state index contributed by atoms with van der Waals surface area (Å²) in [6.07, 6.45) is 4.85. The first-order valence-electron chi connectivity index (χ1n) is 7.61. The molecule has 110 valence electrons. The highest BCUT2D eigenvalue weighted by atomic mass is 32.2. The highest BCUT2D eigenvalue weighted by Crippen LogP contribution is 2.19. The van der Waals surface area contributed by atoms with Gasteiger partial charge in [-0.25, -0.2) is 0 Å². The van der Waals surface area contributed by atoms with E-state index in [0.29, 0.717) is 17.7 Å². The van der Waals surface area contributed by atoms with Crippen molar-refractivity contribution in [3.63, 3.8) is 0 Å². The maximum atomic E-state index is 11.8. The van der Waals surface area contributed by atoms with E-state index in [-0.39, 0.29) is 5.91 Å². The second kappa shape index (κ2) is 7.72. The molecule has 1 saturated carbocycles. The van der Waals surface area contributed by atoms with Crippen LogP contribution in [0, 0.1) is 0 Å². The van der Waals surface area contributed by atoms with Gasteiger partial charge in [-0.15, -0.1) is 11.8 Å². The van der Waals surface area contributed by atoms with Crippen molar-refractivity contribution in [2.45, 2.75) is 57.2 Å². The molecule has 0 heterocycles. The first kappa shape index (κ1) is 15.4. The van der Waals surface area contributed by atoms with E-state index in [2.05, 4.69) is 43.4 Å². The predicted molar refractivity (Wildman–Crippen MR) is 87.1 cm³/mol. The molecule has 1 aliphatic rings. The van der Waals surface area contributed by atoms with Gasteiger partial charge in [-0.1, -0.05) is 51.0 Å². The van der Waals surface area contributed by atoms with Crippen molar-refractivity contribution in [1.29, 1.82) is 0 Å². The van der Waals surface area contributed by atoms with Crippen molar-refractivity contribution in [2.75, 3.05) is 5.75 Å². The SMILES string of the molecule is CC(C)c1ccc(CSCC(=O)NC2CCCC2)cc1. The summed E-state index contributed by atoms with van der Waals surface area (Å²) in [6, 6.07) is 9.18. The van der Waals surface area contributed by atoms with Crippen LogP contribution in [0.25, 0.3) is 0 Å². The van der Waals surface area contributed by atoms with E-state index in [1.54, 1.807) is 11.8 Å². The number of hydrogen-bond donors (Lipinski definition) is 1. The van der Waals surface area contributed by atoms with E-state index in [4.69, 9.17) is 0 Å². The Morgan fingerprint density at radius 3 is 2.50 bits per heavy atom. The van der Waals surface area contributed by atoms with Crippen molar-refractivity contribution >= 4 is 17.7 Å². The smallest absolute Gasteiger partial charge is 0.230 e. The van der Waals surface area contributed by atoms with Crippen molar-refractivity contribution in [3.05, 3.63) is 35.4 Å². The Bertz CT molecular complexity index is 421. The van der Waals surface area contributed by atoms with Gasteiger partial charge in [0.15, 0.2) is 0 Å². The zero-order chi connectivity index (χ0) is 14.4. The molecule has 1 N–H and O–H groups in total. The molecule has 0 saturated heterocycles. The lowest BCUT2D eigenvalue weighted by Crippen LogP contribution is -2.33. The van der Waals surface area contributed by atoms with Crippen LogP contribution in [0.1, 0.15) is 56.6 Å². The average Bonchev–Trinajstić information content (AvgIpc) is 2.92. The van der Waals surface area contributed by atoms with E-state index >= 15 is 0 Å². The molecule has 0 aromatic heterocycles. The van der Waals surface area contributed by atoms with Crippen LogP contribution in [0.4, 0.5) is 0 Å². The highest BCUT2D eigenvalue weighted by Gasteiger charge is 2.16. The number of thioether (sulfide) groups is 1. The van der Waals surface area contributed by atoms with Gasteiger partial charge in [0.05, 0.1) is 5.75 Å². The molecular formula is C17H25NOS. The van der Waals surface area contributed by atoms with Gasteiger partial charge in [-0.3, -0.25) is 4.79 Å². The van der Waals surface area contributed by atoms with Gasteiger partial charge in [-0.05, 0) is 29.9 Å². The lowest BCUT2D eigenvalue weighted by Gasteiger charge is -2.11. The number of amides is 1. The third kappa shape index (κ3) is 4.86. The van der Waals surface area contributed by atoms with Gasteiger partial charge >= 0.3 is 0 Å². The van der Waals surface area contributed by atoms with Crippen LogP contribution < -0.4 is 5.32 Å². The summed E-state index contributed by atoms with van der Waals surface area (Å²) in [5.41, 5.74) is 2.67. The van der Waals surface area contributed by atoms with E-state index in [1.165, 1.54) is 24.0 Å². The van der Waals surface area contributed by atoms with Gasteiger partial charge in [0.1, 0.15) is 0 Å². The molecule has 2 nitrogen and oxygen atoms in total. The molecule has 1 aliphatic carbocycles. The minimum Gasteiger partial charge on any atom is -0.353 e. The fraction of sp³-hybridized carbons (Fsp3) is 0.588. The number of carbonyl (C=O) groups excluding carboxylic acids is 1. The normalized spacial score (nSPS) is 15.8. The molecule has 1 aromatic rings. The molecule has 0 bridgehead atoms. The Labute approximate surface area is 126 Å². The van der Waals surface area contributed by atoms with Gasteiger partial charge in [0.25, 0.3) is 0 Å². The van der Waals surface area contributed by atoms with Crippen molar-refractivity contribution < 1.29 is 4.79 Å². The van der Waals surface area contributed by atoms with Gasteiger partial charge in [0, 0.05) is 11.8 Å². The second-order valence-electron chi connectivity index (χ2n) is 5.94. The lowest BCUT2D eigenvalue weighted by atomic mass is 10.0. The summed E-state index contributed by atoms with van der Waals surface area (Å²) in [4.78, 5) is 11.8. The minimum atomic E-state index is 0.195. The largest absolute Gasteiger partial charge is 0.353 e. The molecule has 2 rings (SSSR count). The molecular weight excluding hydrogens is 266 g/mol. The Hall–Kier alpha value is -0.960. The van der Waals surface area contributed by atoms with E-state index in [0.717, 1.165) is 18.6 Å². The molecule has 0 unspecified atom stereocenters. The zero-order valence-electron chi connectivity index (χ0n) is 12.5. The maximum absolute atomic E-state index is 11.8. The quantitative estimate of drug-likeness (QED) is 0.855. The second-order valence-corrected chi connectivity index (χ2v) is 6.92. The zero-order valence-corrected chi connectivity index (χ0v) is 13.3. The van der Waals surface area contributed by atoms with Crippen LogP contribution in [0.3, 0.4) is 0 Å². The highest BCUT2D eigenvalue weighted by molar-refractivity contribution is 7.99. The van der Waals surface area contributed by atoms with Crippen LogP contribution in [-0.2, 0) is 10.5 Å². The minimum absolute atomic E-state index is 0.195. The van der Waals surface area contributed by atoms with Crippen LogP contribution >= 0.6 is 11.8 Å².